The number of hydrogen-bond donors (Lipinski definition) is 0. The van der Waals surface area contributed by atoms with E-state index in [0.717, 1.165) is 10.2 Å². The Morgan fingerprint density at radius 3 is 2.71 bits per heavy atom. The molecule has 5 nitrogen and oxygen atoms in total. The molecule has 0 aromatic carbocycles. The van der Waals surface area contributed by atoms with Crippen LogP contribution in [0.5, 0.6) is 0 Å². The van der Waals surface area contributed by atoms with Gasteiger partial charge in [0.15, 0.2) is 0 Å². The highest BCUT2D eigenvalue weighted by atomic mass is 79.9. The van der Waals surface area contributed by atoms with Gasteiger partial charge in [-0.15, -0.1) is 0 Å². The SMILES string of the molecule is COC(=O)CCCn1c(C)c(Br)c(C)nc1=O. The molecular formula is C11H15BrN2O3. The Balaban J connectivity index is 2.82. The Bertz CT molecular complexity index is 482. The number of halogens is 1. The van der Waals surface area contributed by atoms with Crippen LogP contribution < -0.4 is 5.69 Å². The monoisotopic (exact) mass is 302 g/mol. The van der Waals surface area contributed by atoms with E-state index in [-0.39, 0.29) is 11.7 Å². The van der Waals surface area contributed by atoms with Crippen LogP contribution in [0.25, 0.3) is 0 Å². The zero-order valence-electron chi connectivity index (χ0n) is 10.1. The molecule has 0 fully saturated rings. The molecule has 0 aliphatic rings. The average Bonchev–Trinajstić information content (AvgIpc) is 2.30. The molecule has 1 rings (SSSR count). The maximum Gasteiger partial charge on any atom is 0.348 e. The summed E-state index contributed by atoms with van der Waals surface area (Å²) < 4.78 is 6.92. The van der Waals surface area contributed by atoms with Crippen molar-refractivity contribution in [2.24, 2.45) is 0 Å². The predicted octanol–water partition coefficient (Wildman–Crippen LogP) is 1.58. The van der Waals surface area contributed by atoms with Crippen LogP contribution in [-0.2, 0) is 16.1 Å². The maximum absolute atomic E-state index is 11.7. The summed E-state index contributed by atoms with van der Waals surface area (Å²) in [5.74, 6) is -0.269. The normalized spacial score (nSPS) is 10.4. The lowest BCUT2D eigenvalue weighted by Crippen LogP contribution is -2.26. The summed E-state index contributed by atoms with van der Waals surface area (Å²) in [7, 11) is 1.35. The molecule has 0 saturated carbocycles. The number of esters is 1. The van der Waals surface area contributed by atoms with E-state index in [1.165, 1.54) is 7.11 Å². The quantitative estimate of drug-likeness (QED) is 0.792. The van der Waals surface area contributed by atoms with Crippen molar-refractivity contribution >= 4 is 21.9 Å². The third kappa shape index (κ3) is 3.39. The summed E-state index contributed by atoms with van der Waals surface area (Å²) in [6.07, 6.45) is 0.860. The van der Waals surface area contributed by atoms with Gasteiger partial charge in [-0.25, -0.2) is 4.79 Å². The van der Waals surface area contributed by atoms with Crippen molar-refractivity contribution in [2.75, 3.05) is 7.11 Å². The molecule has 0 N–H and O–H groups in total. The minimum absolute atomic E-state index is 0.269. The molecule has 1 aromatic rings. The maximum atomic E-state index is 11.7. The molecule has 17 heavy (non-hydrogen) atoms. The van der Waals surface area contributed by atoms with Gasteiger partial charge in [0.1, 0.15) is 0 Å². The van der Waals surface area contributed by atoms with Gasteiger partial charge in [0, 0.05) is 18.7 Å². The van der Waals surface area contributed by atoms with Crippen molar-refractivity contribution in [1.29, 1.82) is 0 Å². The molecule has 6 heteroatoms. The van der Waals surface area contributed by atoms with Crippen molar-refractivity contribution < 1.29 is 9.53 Å². The van der Waals surface area contributed by atoms with Crippen LogP contribution in [0, 0.1) is 13.8 Å². The van der Waals surface area contributed by atoms with Gasteiger partial charge in [0.25, 0.3) is 0 Å². The minimum atomic E-state index is -0.284. The third-order valence-corrected chi connectivity index (χ3v) is 3.67. The Morgan fingerprint density at radius 2 is 2.12 bits per heavy atom. The Kier molecular flexibility index (Phi) is 4.86. The summed E-state index contributed by atoms with van der Waals surface area (Å²) >= 11 is 3.38. The van der Waals surface area contributed by atoms with Gasteiger partial charge in [-0.1, -0.05) is 0 Å². The second kappa shape index (κ2) is 5.95. The van der Waals surface area contributed by atoms with Crippen LogP contribution in [0.4, 0.5) is 0 Å². The number of aromatic nitrogens is 2. The first-order valence-electron chi connectivity index (χ1n) is 5.27. The molecule has 0 atom stereocenters. The number of methoxy groups -OCH3 is 1. The molecule has 0 spiro atoms. The Labute approximate surface area is 108 Å². The van der Waals surface area contributed by atoms with Crippen LogP contribution in [-0.4, -0.2) is 22.6 Å². The van der Waals surface area contributed by atoms with E-state index in [9.17, 15) is 9.59 Å². The average molecular weight is 303 g/mol. The molecule has 1 aromatic heterocycles. The summed E-state index contributed by atoms with van der Waals surface area (Å²) in [5.41, 5.74) is 1.22. The Hall–Kier alpha value is -1.17. The van der Waals surface area contributed by atoms with Crippen LogP contribution in [0.15, 0.2) is 9.27 Å². The minimum Gasteiger partial charge on any atom is -0.469 e. The van der Waals surface area contributed by atoms with Crippen molar-refractivity contribution in [3.8, 4) is 0 Å². The summed E-state index contributed by atoms with van der Waals surface area (Å²) in [6.45, 7) is 4.08. The molecule has 1 heterocycles. The molecule has 0 amide bonds. The van der Waals surface area contributed by atoms with Crippen LogP contribution in [0.2, 0.25) is 0 Å². The largest absolute Gasteiger partial charge is 0.469 e. The molecular weight excluding hydrogens is 288 g/mol. The fourth-order valence-electron chi connectivity index (χ4n) is 1.52. The molecule has 0 saturated heterocycles. The number of ether oxygens (including phenoxy) is 1. The lowest BCUT2D eigenvalue weighted by atomic mass is 10.3. The van der Waals surface area contributed by atoms with Gasteiger partial charge in [-0.2, -0.15) is 4.98 Å². The van der Waals surface area contributed by atoms with Gasteiger partial charge in [0.2, 0.25) is 0 Å². The van der Waals surface area contributed by atoms with Crippen molar-refractivity contribution in [3.63, 3.8) is 0 Å². The van der Waals surface area contributed by atoms with E-state index in [4.69, 9.17) is 0 Å². The molecule has 0 bridgehead atoms. The van der Waals surface area contributed by atoms with E-state index in [0.29, 0.717) is 25.1 Å². The summed E-state index contributed by atoms with van der Waals surface area (Å²) in [6, 6.07) is 0. The van der Waals surface area contributed by atoms with Gasteiger partial charge in [-0.05, 0) is 36.2 Å². The molecule has 0 radical (unpaired) electrons. The molecule has 0 unspecified atom stereocenters. The first kappa shape index (κ1) is 13.9. The lowest BCUT2D eigenvalue weighted by Gasteiger charge is -2.11. The number of carbonyl (C=O) groups excluding carboxylic acids is 1. The van der Waals surface area contributed by atoms with Gasteiger partial charge < -0.3 is 4.74 Å². The van der Waals surface area contributed by atoms with E-state index in [2.05, 4.69) is 25.7 Å². The van der Waals surface area contributed by atoms with Gasteiger partial charge in [0.05, 0.1) is 17.3 Å². The van der Waals surface area contributed by atoms with Crippen molar-refractivity contribution in [3.05, 3.63) is 26.3 Å². The smallest absolute Gasteiger partial charge is 0.348 e. The van der Waals surface area contributed by atoms with Crippen molar-refractivity contribution in [2.45, 2.75) is 33.2 Å². The standard InChI is InChI=1S/C11H15BrN2O3/c1-7-10(12)8(2)14(11(16)13-7)6-4-5-9(15)17-3/h4-6H2,1-3H3. The highest BCUT2D eigenvalue weighted by Crippen LogP contribution is 2.16. The van der Waals surface area contributed by atoms with Crippen LogP contribution in [0.1, 0.15) is 24.2 Å². The number of hydrogen-bond acceptors (Lipinski definition) is 4. The molecule has 0 aliphatic heterocycles. The second-order valence-electron chi connectivity index (χ2n) is 3.71. The van der Waals surface area contributed by atoms with E-state index >= 15 is 0 Å². The highest BCUT2D eigenvalue weighted by molar-refractivity contribution is 9.10. The van der Waals surface area contributed by atoms with E-state index in [1.54, 1.807) is 11.5 Å². The number of aryl methyl sites for hydroxylation is 1. The summed E-state index contributed by atoms with van der Waals surface area (Å²) in [5, 5.41) is 0. The van der Waals surface area contributed by atoms with E-state index in [1.807, 2.05) is 6.92 Å². The second-order valence-corrected chi connectivity index (χ2v) is 4.50. The predicted molar refractivity (Wildman–Crippen MR) is 66.9 cm³/mol. The van der Waals surface area contributed by atoms with Crippen LogP contribution >= 0.6 is 15.9 Å². The molecule has 94 valence electrons. The number of rotatable bonds is 4. The van der Waals surface area contributed by atoms with E-state index < -0.39 is 0 Å². The fraction of sp³-hybridized carbons (Fsp3) is 0.545. The zero-order valence-corrected chi connectivity index (χ0v) is 11.7. The first-order valence-corrected chi connectivity index (χ1v) is 6.07. The summed E-state index contributed by atoms with van der Waals surface area (Å²) in [4.78, 5) is 26.5. The molecule has 0 aliphatic carbocycles. The van der Waals surface area contributed by atoms with Crippen LogP contribution in [0.3, 0.4) is 0 Å². The highest BCUT2D eigenvalue weighted by Gasteiger charge is 2.09. The number of carbonyl (C=O) groups is 1. The lowest BCUT2D eigenvalue weighted by molar-refractivity contribution is -0.140. The fourth-order valence-corrected chi connectivity index (χ4v) is 1.83. The first-order chi connectivity index (χ1) is 7.97. The van der Waals surface area contributed by atoms with Gasteiger partial charge >= 0.3 is 11.7 Å². The zero-order chi connectivity index (χ0) is 13.0. The number of nitrogens with zero attached hydrogens (tertiary/aromatic N) is 2. The Morgan fingerprint density at radius 1 is 1.47 bits per heavy atom. The van der Waals surface area contributed by atoms with Gasteiger partial charge in [-0.3, -0.25) is 9.36 Å². The van der Waals surface area contributed by atoms with Crippen molar-refractivity contribution in [1.82, 2.24) is 9.55 Å². The third-order valence-electron chi connectivity index (χ3n) is 2.52. The topological polar surface area (TPSA) is 61.2 Å².